The van der Waals surface area contributed by atoms with Gasteiger partial charge in [-0.05, 0) is 29.8 Å². The first kappa shape index (κ1) is 10.6. The fraction of sp³-hybridized carbons (Fsp3) is 0.154. The highest BCUT2D eigenvalue weighted by Crippen LogP contribution is 2.21. The van der Waals surface area contributed by atoms with Gasteiger partial charge in [0, 0.05) is 6.20 Å². The first-order chi connectivity index (χ1) is 7.81. The number of hydrogen-bond acceptors (Lipinski definition) is 3. The second-order valence-electron chi connectivity index (χ2n) is 3.43. The predicted molar refractivity (Wildman–Crippen MR) is 61.3 cm³/mol. The van der Waals surface area contributed by atoms with E-state index < -0.39 is 6.10 Å². The Balaban J connectivity index is 2.24. The second kappa shape index (κ2) is 4.77. The van der Waals surface area contributed by atoms with E-state index >= 15 is 0 Å². The molecule has 3 heteroatoms. The van der Waals surface area contributed by atoms with Crippen molar-refractivity contribution in [3.05, 3.63) is 59.9 Å². The van der Waals surface area contributed by atoms with Gasteiger partial charge in [-0.2, -0.15) is 0 Å². The van der Waals surface area contributed by atoms with E-state index in [0.717, 1.165) is 11.3 Å². The molecule has 0 radical (unpaired) electrons. The molecule has 0 spiro atoms. The van der Waals surface area contributed by atoms with Crippen LogP contribution in [0.5, 0.6) is 5.75 Å². The third-order valence-corrected chi connectivity index (χ3v) is 2.40. The quantitative estimate of drug-likeness (QED) is 0.853. The van der Waals surface area contributed by atoms with Crippen LogP contribution in [0.25, 0.3) is 0 Å². The summed E-state index contributed by atoms with van der Waals surface area (Å²) in [5.74, 6) is 0.775. The summed E-state index contributed by atoms with van der Waals surface area (Å²) in [6.07, 6.45) is 0.981. The number of rotatable bonds is 3. The van der Waals surface area contributed by atoms with Crippen LogP contribution in [0.3, 0.4) is 0 Å². The number of benzene rings is 1. The summed E-state index contributed by atoms with van der Waals surface area (Å²) in [6, 6.07) is 12.8. The molecule has 0 bridgehead atoms. The fourth-order valence-electron chi connectivity index (χ4n) is 1.49. The summed E-state index contributed by atoms with van der Waals surface area (Å²) in [6.45, 7) is 0. The molecular formula is C13H13NO2. The molecule has 0 amide bonds. The van der Waals surface area contributed by atoms with Gasteiger partial charge < -0.3 is 9.84 Å². The molecule has 2 rings (SSSR count). The maximum atomic E-state index is 10.1. The highest BCUT2D eigenvalue weighted by molar-refractivity contribution is 5.31. The Labute approximate surface area is 94.3 Å². The number of pyridine rings is 1. The molecule has 0 aliphatic heterocycles. The van der Waals surface area contributed by atoms with E-state index in [1.165, 1.54) is 0 Å². The molecule has 16 heavy (non-hydrogen) atoms. The summed E-state index contributed by atoms with van der Waals surface area (Å²) < 4.78 is 5.06. The molecule has 0 saturated carbocycles. The van der Waals surface area contributed by atoms with Crippen molar-refractivity contribution in [1.29, 1.82) is 0 Å². The molecule has 0 unspecified atom stereocenters. The monoisotopic (exact) mass is 215 g/mol. The molecule has 82 valence electrons. The largest absolute Gasteiger partial charge is 0.497 e. The molecule has 0 saturated heterocycles. The SMILES string of the molecule is COc1ccc([C@@H](O)c2ccccn2)cc1. The Bertz CT molecular complexity index is 439. The Kier molecular flexibility index (Phi) is 3.17. The van der Waals surface area contributed by atoms with E-state index in [-0.39, 0.29) is 0 Å². The van der Waals surface area contributed by atoms with Crippen LogP contribution >= 0.6 is 0 Å². The van der Waals surface area contributed by atoms with Crippen LogP contribution in [0.15, 0.2) is 48.7 Å². The minimum Gasteiger partial charge on any atom is -0.497 e. The Morgan fingerprint density at radius 1 is 1.12 bits per heavy atom. The van der Waals surface area contributed by atoms with E-state index in [9.17, 15) is 5.11 Å². The van der Waals surface area contributed by atoms with Crippen molar-refractivity contribution in [1.82, 2.24) is 4.98 Å². The lowest BCUT2D eigenvalue weighted by Crippen LogP contribution is -2.01. The van der Waals surface area contributed by atoms with Gasteiger partial charge in [0.15, 0.2) is 0 Å². The van der Waals surface area contributed by atoms with Crippen LogP contribution < -0.4 is 4.74 Å². The van der Waals surface area contributed by atoms with Crippen LogP contribution in [0.1, 0.15) is 17.4 Å². The van der Waals surface area contributed by atoms with Crippen molar-refractivity contribution in [3.8, 4) is 5.75 Å². The van der Waals surface area contributed by atoms with Crippen LogP contribution in [0, 0.1) is 0 Å². The zero-order chi connectivity index (χ0) is 11.4. The van der Waals surface area contributed by atoms with Crippen LogP contribution in [-0.2, 0) is 0 Å². The van der Waals surface area contributed by atoms with Crippen LogP contribution in [0.4, 0.5) is 0 Å². The number of ether oxygens (including phenoxy) is 1. The summed E-state index contributed by atoms with van der Waals surface area (Å²) in [5.41, 5.74) is 1.45. The summed E-state index contributed by atoms with van der Waals surface area (Å²) in [4.78, 5) is 4.12. The second-order valence-corrected chi connectivity index (χ2v) is 3.43. The van der Waals surface area contributed by atoms with Gasteiger partial charge in [0.25, 0.3) is 0 Å². The molecule has 0 fully saturated rings. The van der Waals surface area contributed by atoms with E-state index in [1.54, 1.807) is 19.4 Å². The maximum absolute atomic E-state index is 10.1. The van der Waals surface area contributed by atoms with E-state index in [1.807, 2.05) is 36.4 Å². The highest BCUT2D eigenvalue weighted by atomic mass is 16.5. The first-order valence-electron chi connectivity index (χ1n) is 5.04. The Hall–Kier alpha value is -1.87. The smallest absolute Gasteiger partial charge is 0.121 e. The molecule has 1 heterocycles. The number of aliphatic hydroxyl groups is 1. The van der Waals surface area contributed by atoms with Gasteiger partial charge in [-0.1, -0.05) is 18.2 Å². The lowest BCUT2D eigenvalue weighted by Gasteiger charge is -2.10. The number of aliphatic hydroxyl groups excluding tert-OH is 1. The highest BCUT2D eigenvalue weighted by Gasteiger charge is 2.10. The maximum Gasteiger partial charge on any atom is 0.121 e. The van der Waals surface area contributed by atoms with Gasteiger partial charge in [0.2, 0.25) is 0 Å². The number of nitrogens with zero attached hydrogens (tertiary/aromatic N) is 1. The topological polar surface area (TPSA) is 42.4 Å². The zero-order valence-electron chi connectivity index (χ0n) is 9.00. The molecule has 0 aliphatic rings. The molecule has 1 aromatic carbocycles. The first-order valence-corrected chi connectivity index (χ1v) is 5.04. The lowest BCUT2D eigenvalue weighted by atomic mass is 10.1. The van der Waals surface area contributed by atoms with Gasteiger partial charge in [0.05, 0.1) is 12.8 Å². The van der Waals surface area contributed by atoms with Gasteiger partial charge in [-0.15, -0.1) is 0 Å². The van der Waals surface area contributed by atoms with Crippen molar-refractivity contribution in [3.63, 3.8) is 0 Å². The van der Waals surface area contributed by atoms with Gasteiger partial charge in [-0.3, -0.25) is 4.98 Å². The van der Waals surface area contributed by atoms with Gasteiger partial charge in [-0.25, -0.2) is 0 Å². The van der Waals surface area contributed by atoms with Gasteiger partial charge in [0.1, 0.15) is 11.9 Å². The molecule has 0 aliphatic carbocycles. The predicted octanol–water partition coefficient (Wildman–Crippen LogP) is 2.17. The average molecular weight is 215 g/mol. The third kappa shape index (κ3) is 2.20. The minimum atomic E-state index is -0.688. The number of hydrogen-bond donors (Lipinski definition) is 1. The summed E-state index contributed by atoms with van der Waals surface area (Å²) >= 11 is 0. The van der Waals surface area contributed by atoms with Crippen LogP contribution in [0.2, 0.25) is 0 Å². The van der Waals surface area contributed by atoms with Crippen molar-refractivity contribution in [2.75, 3.05) is 7.11 Å². The molecule has 1 N–H and O–H groups in total. The zero-order valence-corrected chi connectivity index (χ0v) is 9.00. The lowest BCUT2D eigenvalue weighted by molar-refractivity contribution is 0.215. The van der Waals surface area contributed by atoms with Crippen molar-refractivity contribution >= 4 is 0 Å². The molecular weight excluding hydrogens is 202 g/mol. The van der Waals surface area contributed by atoms with Gasteiger partial charge >= 0.3 is 0 Å². The minimum absolute atomic E-state index is 0.646. The third-order valence-electron chi connectivity index (χ3n) is 2.40. The van der Waals surface area contributed by atoms with E-state index in [0.29, 0.717) is 5.69 Å². The Morgan fingerprint density at radius 3 is 2.44 bits per heavy atom. The van der Waals surface area contributed by atoms with Crippen molar-refractivity contribution < 1.29 is 9.84 Å². The van der Waals surface area contributed by atoms with Crippen molar-refractivity contribution in [2.45, 2.75) is 6.10 Å². The standard InChI is InChI=1S/C13H13NO2/c1-16-11-7-5-10(6-8-11)13(15)12-4-2-3-9-14-12/h2-9,13,15H,1H3/t13-/m1/s1. The fourth-order valence-corrected chi connectivity index (χ4v) is 1.49. The number of methoxy groups -OCH3 is 1. The van der Waals surface area contributed by atoms with Crippen LogP contribution in [-0.4, -0.2) is 17.2 Å². The Morgan fingerprint density at radius 2 is 1.88 bits per heavy atom. The van der Waals surface area contributed by atoms with Crippen molar-refractivity contribution in [2.24, 2.45) is 0 Å². The number of aromatic nitrogens is 1. The van der Waals surface area contributed by atoms with E-state index in [4.69, 9.17) is 4.74 Å². The normalized spacial score (nSPS) is 12.1. The summed E-state index contributed by atoms with van der Waals surface area (Å²) in [5, 5.41) is 10.1. The average Bonchev–Trinajstić information content (AvgIpc) is 2.39. The molecule has 3 nitrogen and oxygen atoms in total. The summed E-state index contributed by atoms with van der Waals surface area (Å²) in [7, 11) is 1.62. The molecule has 2 aromatic rings. The van der Waals surface area contributed by atoms with E-state index in [2.05, 4.69) is 4.98 Å². The molecule has 1 atom stereocenters. The molecule has 1 aromatic heterocycles.